The van der Waals surface area contributed by atoms with Gasteiger partial charge >= 0.3 is 0 Å². The molecule has 2 aliphatic rings. The number of ether oxygens (including phenoxy) is 1. The van der Waals surface area contributed by atoms with E-state index in [-0.39, 0.29) is 5.91 Å². The number of rotatable bonds is 5. The van der Waals surface area contributed by atoms with Crippen molar-refractivity contribution in [3.8, 4) is 5.75 Å². The third-order valence-corrected chi connectivity index (χ3v) is 6.00. The number of carbonyl (C=O) groups excluding carboxylic acids is 1. The van der Waals surface area contributed by atoms with Crippen molar-refractivity contribution in [1.29, 1.82) is 0 Å². The summed E-state index contributed by atoms with van der Waals surface area (Å²) in [6.45, 7) is 1.76. The van der Waals surface area contributed by atoms with Gasteiger partial charge in [-0.15, -0.1) is 0 Å². The van der Waals surface area contributed by atoms with Crippen LogP contribution in [0.15, 0.2) is 42.5 Å². The van der Waals surface area contributed by atoms with Crippen LogP contribution in [0.2, 0.25) is 0 Å². The fourth-order valence-corrected chi connectivity index (χ4v) is 4.40. The van der Waals surface area contributed by atoms with Crippen molar-refractivity contribution in [2.24, 2.45) is 0 Å². The molecule has 28 heavy (non-hydrogen) atoms. The van der Waals surface area contributed by atoms with Crippen LogP contribution in [-0.2, 0) is 17.8 Å². The molecule has 1 saturated heterocycles. The van der Waals surface area contributed by atoms with Crippen LogP contribution < -0.4 is 20.3 Å². The molecule has 2 atom stereocenters. The summed E-state index contributed by atoms with van der Waals surface area (Å²) >= 11 is 0. The van der Waals surface area contributed by atoms with Gasteiger partial charge in [-0.3, -0.25) is 4.79 Å². The van der Waals surface area contributed by atoms with Crippen LogP contribution in [0.4, 0.5) is 5.69 Å². The van der Waals surface area contributed by atoms with E-state index in [1.54, 1.807) is 12.0 Å². The Bertz CT molecular complexity index is 837. The fourth-order valence-electron chi connectivity index (χ4n) is 4.40. The van der Waals surface area contributed by atoms with Crippen molar-refractivity contribution in [3.63, 3.8) is 0 Å². The fraction of sp³-hybridized carbons (Fsp3) is 0.435. The second kappa shape index (κ2) is 8.33. The molecule has 2 aromatic rings. The molecule has 2 aliphatic heterocycles. The standard InChI is InChI=1S/C23H29N3O2/c1-26-20-13-18(21(28-2)14-17(20)10-11-22(26)27)15-25-19-9-6-12-24-23(19)16-7-4-3-5-8-16/h3-5,7-8,13-14,19,23-25H,6,9-12,15H2,1-2H3/t19?,23-/m0/s1. The molecule has 2 N–H and O–H groups in total. The van der Waals surface area contributed by atoms with Gasteiger partial charge in [-0.25, -0.2) is 0 Å². The highest BCUT2D eigenvalue weighted by molar-refractivity contribution is 5.96. The van der Waals surface area contributed by atoms with Gasteiger partial charge < -0.3 is 20.3 Å². The van der Waals surface area contributed by atoms with Crippen molar-refractivity contribution < 1.29 is 9.53 Å². The Kier molecular flexibility index (Phi) is 5.64. The van der Waals surface area contributed by atoms with Gasteiger partial charge in [0.05, 0.1) is 7.11 Å². The Hall–Kier alpha value is -2.37. The van der Waals surface area contributed by atoms with E-state index in [4.69, 9.17) is 4.74 Å². The predicted molar refractivity (Wildman–Crippen MR) is 112 cm³/mol. The number of methoxy groups -OCH3 is 1. The molecule has 0 aliphatic carbocycles. The van der Waals surface area contributed by atoms with Crippen LogP contribution in [0.3, 0.4) is 0 Å². The number of nitrogens with one attached hydrogen (secondary N) is 2. The van der Waals surface area contributed by atoms with Gasteiger partial charge in [0.1, 0.15) is 5.75 Å². The summed E-state index contributed by atoms with van der Waals surface area (Å²) in [6.07, 6.45) is 3.65. The molecule has 1 fully saturated rings. The van der Waals surface area contributed by atoms with Gasteiger partial charge in [0, 0.05) is 43.3 Å². The lowest BCUT2D eigenvalue weighted by Gasteiger charge is -2.34. The lowest BCUT2D eigenvalue weighted by Crippen LogP contribution is -2.45. The van der Waals surface area contributed by atoms with Crippen molar-refractivity contribution in [1.82, 2.24) is 10.6 Å². The predicted octanol–water partition coefficient (Wildman–Crippen LogP) is 3.19. The monoisotopic (exact) mass is 379 g/mol. The lowest BCUT2D eigenvalue weighted by atomic mass is 9.92. The summed E-state index contributed by atoms with van der Waals surface area (Å²) in [5, 5.41) is 7.41. The third-order valence-electron chi connectivity index (χ3n) is 6.00. The minimum atomic E-state index is 0.178. The van der Waals surface area contributed by atoms with Crippen LogP contribution in [0, 0.1) is 0 Å². The molecule has 2 heterocycles. The molecule has 0 aromatic heterocycles. The number of hydrogen-bond donors (Lipinski definition) is 2. The van der Waals surface area contributed by atoms with Gasteiger partial charge in [0.25, 0.3) is 0 Å². The number of benzene rings is 2. The third kappa shape index (κ3) is 3.77. The summed E-state index contributed by atoms with van der Waals surface area (Å²) in [7, 11) is 3.58. The van der Waals surface area contributed by atoms with Gasteiger partial charge in [-0.1, -0.05) is 30.3 Å². The highest BCUT2D eigenvalue weighted by atomic mass is 16.5. The van der Waals surface area contributed by atoms with Crippen LogP contribution in [-0.4, -0.2) is 32.7 Å². The van der Waals surface area contributed by atoms with Crippen molar-refractivity contribution in [3.05, 3.63) is 59.2 Å². The summed E-state index contributed by atoms with van der Waals surface area (Å²) in [5.74, 6) is 1.08. The number of piperidine rings is 1. The molecular weight excluding hydrogens is 350 g/mol. The van der Waals surface area contributed by atoms with Crippen molar-refractivity contribution in [2.75, 3.05) is 25.6 Å². The highest BCUT2D eigenvalue weighted by Crippen LogP contribution is 2.34. The largest absolute Gasteiger partial charge is 0.496 e. The molecular formula is C23H29N3O2. The summed E-state index contributed by atoms with van der Waals surface area (Å²) in [4.78, 5) is 13.9. The SMILES string of the molecule is COc1cc2c(cc1CNC1CCCN[C@H]1c1ccccc1)N(C)C(=O)CC2. The molecule has 1 unspecified atom stereocenters. The Morgan fingerprint density at radius 2 is 2.04 bits per heavy atom. The van der Waals surface area contributed by atoms with E-state index in [1.807, 2.05) is 7.05 Å². The minimum absolute atomic E-state index is 0.178. The molecule has 0 bridgehead atoms. The van der Waals surface area contributed by atoms with E-state index < -0.39 is 0 Å². The number of hydrogen-bond acceptors (Lipinski definition) is 4. The number of fused-ring (bicyclic) bond motifs is 1. The zero-order valence-corrected chi connectivity index (χ0v) is 16.7. The van der Waals surface area contributed by atoms with E-state index in [0.717, 1.165) is 36.4 Å². The zero-order valence-electron chi connectivity index (χ0n) is 16.7. The smallest absolute Gasteiger partial charge is 0.227 e. The van der Waals surface area contributed by atoms with Crippen LogP contribution in [0.1, 0.15) is 42.0 Å². The first kappa shape index (κ1) is 19.0. The normalized spacial score (nSPS) is 22.1. The lowest BCUT2D eigenvalue weighted by molar-refractivity contribution is -0.118. The topological polar surface area (TPSA) is 53.6 Å². The first-order valence-corrected chi connectivity index (χ1v) is 10.2. The minimum Gasteiger partial charge on any atom is -0.496 e. The van der Waals surface area contributed by atoms with E-state index in [9.17, 15) is 4.79 Å². The van der Waals surface area contributed by atoms with Crippen molar-refractivity contribution in [2.45, 2.75) is 44.3 Å². The van der Waals surface area contributed by atoms with Gasteiger partial charge in [0.2, 0.25) is 5.91 Å². The maximum Gasteiger partial charge on any atom is 0.227 e. The summed E-state index contributed by atoms with van der Waals surface area (Å²) in [5.41, 5.74) is 4.61. The number of amides is 1. The number of carbonyl (C=O) groups is 1. The first-order chi connectivity index (χ1) is 13.7. The average Bonchev–Trinajstić information content (AvgIpc) is 2.75. The average molecular weight is 380 g/mol. The molecule has 4 rings (SSSR count). The number of anilines is 1. The van der Waals surface area contributed by atoms with E-state index in [1.165, 1.54) is 17.5 Å². The summed E-state index contributed by atoms with van der Waals surface area (Å²) in [6, 6.07) is 15.5. The molecule has 1 amide bonds. The van der Waals surface area contributed by atoms with Crippen molar-refractivity contribution >= 4 is 11.6 Å². The second-order valence-electron chi connectivity index (χ2n) is 7.72. The molecule has 0 saturated carbocycles. The van der Waals surface area contributed by atoms with Crippen LogP contribution in [0.5, 0.6) is 5.75 Å². The Balaban J connectivity index is 1.54. The maximum absolute atomic E-state index is 12.1. The molecule has 2 aromatic carbocycles. The van der Waals surface area contributed by atoms with Gasteiger partial charge in [0.15, 0.2) is 0 Å². The molecule has 0 spiro atoms. The number of nitrogens with zero attached hydrogens (tertiary/aromatic N) is 1. The first-order valence-electron chi connectivity index (χ1n) is 10.2. The Morgan fingerprint density at radius 1 is 1.21 bits per heavy atom. The van der Waals surface area contributed by atoms with E-state index >= 15 is 0 Å². The molecule has 5 nitrogen and oxygen atoms in total. The van der Waals surface area contributed by atoms with E-state index in [0.29, 0.717) is 25.0 Å². The summed E-state index contributed by atoms with van der Waals surface area (Å²) < 4.78 is 5.67. The Morgan fingerprint density at radius 3 is 2.82 bits per heavy atom. The maximum atomic E-state index is 12.1. The van der Waals surface area contributed by atoms with Gasteiger partial charge in [-0.2, -0.15) is 0 Å². The highest BCUT2D eigenvalue weighted by Gasteiger charge is 2.27. The Labute approximate surface area is 167 Å². The van der Waals surface area contributed by atoms with Crippen LogP contribution >= 0.6 is 0 Å². The molecule has 0 radical (unpaired) electrons. The van der Waals surface area contributed by atoms with Crippen LogP contribution in [0.25, 0.3) is 0 Å². The number of aryl methyl sites for hydroxylation is 1. The molecule has 148 valence electrons. The second-order valence-corrected chi connectivity index (χ2v) is 7.72. The zero-order chi connectivity index (χ0) is 19.5. The van der Waals surface area contributed by atoms with E-state index in [2.05, 4.69) is 53.1 Å². The van der Waals surface area contributed by atoms with Gasteiger partial charge in [-0.05, 0) is 49.1 Å². The quantitative estimate of drug-likeness (QED) is 0.838. The molecule has 5 heteroatoms.